The van der Waals surface area contributed by atoms with Crippen LogP contribution in [0.3, 0.4) is 0 Å². The molecule has 0 aliphatic rings. The molecule has 32 heavy (non-hydrogen) atoms. The number of carbonyl (C=O) groups is 1. The van der Waals surface area contributed by atoms with E-state index < -0.39 is 28.6 Å². The van der Waals surface area contributed by atoms with Gasteiger partial charge in [-0.05, 0) is 46.5 Å². The van der Waals surface area contributed by atoms with Gasteiger partial charge in [0.05, 0.1) is 4.90 Å². The summed E-state index contributed by atoms with van der Waals surface area (Å²) in [6.45, 7) is 0.671. The third-order valence-electron chi connectivity index (χ3n) is 4.88. The number of carbonyl (C=O) groups excluding carboxylic acids is 1. The van der Waals surface area contributed by atoms with Crippen LogP contribution < -0.4 is 14.8 Å². The lowest BCUT2D eigenvalue weighted by Gasteiger charge is -2.22. The van der Waals surface area contributed by atoms with Crippen molar-refractivity contribution in [3.63, 3.8) is 0 Å². The number of hydrogen-bond acceptors (Lipinski definition) is 4. The Kier molecular flexibility index (Phi) is 7.42. The van der Waals surface area contributed by atoms with Gasteiger partial charge in [0.15, 0.2) is 0 Å². The normalized spacial score (nSPS) is 12.8. The van der Waals surface area contributed by atoms with Crippen LogP contribution in [0.2, 0.25) is 0 Å². The Bertz CT molecular complexity index is 1180. The summed E-state index contributed by atoms with van der Waals surface area (Å²) in [5.41, 5.74) is 0.653. The van der Waals surface area contributed by atoms with Crippen LogP contribution in [0.15, 0.2) is 71.6 Å². The molecule has 0 aromatic heterocycles. The van der Waals surface area contributed by atoms with Gasteiger partial charge >= 0.3 is 6.61 Å². The van der Waals surface area contributed by atoms with Crippen molar-refractivity contribution in [2.24, 2.45) is 5.92 Å². The van der Waals surface area contributed by atoms with Crippen molar-refractivity contribution in [1.29, 1.82) is 0 Å². The van der Waals surface area contributed by atoms with Crippen molar-refractivity contribution in [2.75, 3.05) is 0 Å². The zero-order valence-electron chi connectivity index (χ0n) is 17.6. The van der Waals surface area contributed by atoms with E-state index >= 15 is 0 Å². The van der Waals surface area contributed by atoms with Gasteiger partial charge in [0.25, 0.3) is 0 Å². The van der Waals surface area contributed by atoms with Gasteiger partial charge in [0, 0.05) is 6.54 Å². The van der Waals surface area contributed by atoms with E-state index in [-0.39, 0.29) is 23.1 Å². The zero-order chi connectivity index (χ0) is 23.3. The molecule has 3 aromatic rings. The summed E-state index contributed by atoms with van der Waals surface area (Å²) in [5, 5.41) is 4.38. The first-order valence-electron chi connectivity index (χ1n) is 9.98. The third-order valence-corrected chi connectivity index (χ3v) is 6.32. The van der Waals surface area contributed by atoms with Gasteiger partial charge in [-0.1, -0.05) is 56.3 Å². The lowest BCUT2D eigenvalue weighted by atomic mass is 10.0. The van der Waals surface area contributed by atoms with Crippen LogP contribution in [0.25, 0.3) is 10.8 Å². The average molecular weight is 463 g/mol. The van der Waals surface area contributed by atoms with E-state index in [1.165, 1.54) is 18.2 Å². The van der Waals surface area contributed by atoms with Crippen LogP contribution in [0.5, 0.6) is 5.75 Å². The highest BCUT2D eigenvalue weighted by Gasteiger charge is 2.28. The van der Waals surface area contributed by atoms with Gasteiger partial charge in [-0.25, -0.2) is 8.42 Å². The highest BCUT2D eigenvalue weighted by Crippen LogP contribution is 2.20. The maximum absolute atomic E-state index is 12.9. The number of fused-ring (bicyclic) bond motifs is 1. The van der Waals surface area contributed by atoms with Crippen molar-refractivity contribution in [3.05, 3.63) is 72.3 Å². The SMILES string of the molecule is CC(C)C(NS(=O)(=O)c1ccc2ccccc2c1)C(=O)NCc1ccc(OC(F)F)cc1. The van der Waals surface area contributed by atoms with Crippen LogP contribution in [-0.4, -0.2) is 27.0 Å². The van der Waals surface area contributed by atoms with E-state index in [2.05, 4.69) is 14.8 Å². The molecule has 0 saturated heterocycles. The topological polar surface area (TPSA) is 84.5 Å². The first kappa shape index (κ1) is 23.6. The van der Waals surface area contributed by atoms with Gasteiger partial charge < -0.3 is 10.1 Å². The molecule has 3 rings (SSSR count). The first-order chi connectivity index (χ1) is 15.2. The second-order valence-corrected chi connectivity index (χ2v) is 9.31. The minimum Gasteiger partial charge on any atom is -0.435 e. The Labute approximate surface area is 185 Å². The maximum atomic E-state index is 12.9. The molecule has 0 aliphatic carbocycles. The van der Waals surface area contributed by atoms with Crippen LogP contribution >= 0.6 is 0 Å². The second kappa shape index (κ2) is 10.1. The second-order valence-electron chi connectivity index (χ2n) is 7.59. The van der Waals surface area contributed by atoms with Gasteiger partial charge in [-0.3, -0.25) is 4.79 Å². The summed E-state index contributed by atoms with van der Waals surface area (Å²) in [7, 11) is -3.94. The fraction of sp³-hybridized carbons (Fsp3) is 0.261. The minimum atomic E-state index is -3.94. The number of amides is 1. The highest BCUT2D eigenvalue weighted by molar-refractivity contribution is 7.89. The van der Waals surface area contributed by atoms with Gasteiger partial charge in [-0.15, -0.1) is 0 Å². The third kappa shape index (κ3) is 6.02. The van der Waals surface area contributed by atoms with Gasteiger partial charge in [-0.2, -0.15) is 13.5 Å². The molecule has 1 unspecified atom stereocenters. The van der Waals surface area contributed by atoms with Crippen molar-refractivity contribution in [3.8, 4) is 5.75 Å². The standard InChI is InChI=1S/C23H24F2N2O4S/c1-15(2)21(22(28)26-14-16-7-10-19(11-8-16)31-23(24)25)27-32(29,30)20-12-9-17-5-3-4-6-18(17)13-20/h3-13,15,21,23,27H,14H2,1-2H3,(H,26,28). The van der Waals surface area contributed by atoms with Crippen molar-refractivity contribution in [1.82, 2.24) is 10.0 Å². The Morgan fingerprint density at radius 1 is 0.969 bits per heavy atom. The van der Waals surface area contributed by atoms with Gasteiger partial charge in [0.1, 0.15) is 11.8 Å². The molecule has 170 valence electrons. The number of nitrogens with one attached hydrogen (secondary N) is 2. The Morgan fingerprint density at radius 3 is 2.25 bits per heavy atom. The molecule has 2 N–H and O–H groups in total. The summed E-state index contributed by atoms with van der Waals surface area (Å²) < 4.78 is 57.1. The average Bonchev–Trinajstić information content (AvgIpc) is 2.76. The molecule has 6 nitrogen and oxygen atoms in total. The molecule has 0 spiro atoms. The predicted octanol–water partition coefficient (Wildman–Crippen LogP) is 4.06. The van der Waals surface area contributed by atoms with Crippen molar-refractivity contribution in [2.45, 2.75) is 37.9 Å². The summed E-state index contributed by atoms with van der Waals surface area (Å²) in [6, 6.07) is 17.0. The van der Waals surface area contributed by atoms with E-state index in [0.29, 0.717) is 5.56 Å². The molecule has 1 amide bonds. The molecule has 0 bridgehead atoms. The number of alkyl halides is 2. The van der Waals surface area contributed by atoms with Crippen molar-refractivity contribution < 1.29 is 26.7 Å². The summed E-state index contributed by atoms with van der Waals surface area (Å²) >= 11 is 0. The molecule has 0 saturated carbocycles. The number of ether oxygens (including phenoxy) is 1. The van der Waals surface area contributed by atoms with Crippen LogP contribution in [0.4, 0.5) is 8.78 Å². The fourth-order valence-electron chi connectivity index (χ4n) is 3.15. The van der Waals surface area contributed by atoms with Crippen molar-refractivity contribution >= 4 is 26.7 Å². The smallest absolute Gasteiger partial charge is 0.387 e. The van der Waals surface area contributed by atoms with E-state index in [9.17, 15) is 22.0 Å². The predicted molar refractivity (Wildman–Crippen MR) is 118 cm³/mol. The zero-order valence-corrected chi connectivity index (χ0v) is 18.4. The Morgan fingerprint density at radius 2 is 1.62 bits per heavy atom. The van der Waals surface area contributed by atoms with Crippen LogP contribution in [0, 0.1) is 5.92 Å². The number of benzene rings is 3. The van der Waals surface area contributed by atoms with E-state index in [0.717, 1.165) is 10.8 Å². The van der Waals surface area contributed by atoms with Gasteiger partial charge in [0.2, 0.25) is 15.9 Å². The lowest BCUT2D eigenvalue weighted by Crippen LogP contribution is -2.49. The quantitative estimate of drug-likeness (QED) is 0.502. The monoisotopic (exact) mass is 462 g/mol. The molecule has 0 heterocycles. The molecule has 9 heteroatoms. The van der Waals surface area contributed by atoms with E-state index in [1.54, 1.807) is 38.1 Å². The molecular weight excluding hydrogens is 438 g/mol. The van der Waals surface area contributed by atoms with E-state index in [1.807, 2.05) is 24.3 Å². The highest BCUT2D eigenvalue weighted by atomic mass is 32.2. The molecule has 0 aliphatic heterocycles. The minimum absolute atomic E-state index is 0.0123. The first-order valence-corrected chi connectivity index (χ1v) is 11.5. The maximum Gasteiger partial charge on any atom is 0.387 e. The Balaban J connectivity index is 1.69. The van der Waals surface area contributed by atoms with Crippen LogP contribution in [-0.2, 0) is 21.4 Å². The van der Waals surface area contributed by atoms with Crippen LogP contribution in [0.1, 0.15) is 19.4 Å². The molecule has 0 radical (unpaired) electrons. The Hall–Kier alpha value is -3.04. The lowest BCUT2D eigenvalue weighted by molar-refractivity contribution is -0.123. The largest absolute Gasteiger partial charge is 0.435 e. The fourth-order valence-corrected chi connectivity index (χ4v) is 4.53. The number of halogens is 2. The summed E-state index contributed by atoms with van der Waals surface area (Å²) in [4.78, 5) is 12.8. The molecule has 1 atom stereocenters. The molecular formula is C23H24F2N2O4S. The number of hydrogen-bond donors (Lipinski definition) is 2. The van der Waals surface area contributed by atoms with E-state index in [4.69, 9.17) is 0 Å². The molecule has 3 aromatic carbocycles. The summed E-state index contributed by atoms with van der Waals surface area (Å²) in [6.07, 6.45) is 0. The number of rotatable bonds is 9. The summed E-state index contributed by atoms with van der Waals surface area (Å²) in [5.74, 6) is -0.789. The molecule has 0 fully saturated rings. The number of sulfonamides is 1.